The number of benzene rings is 2. The molecule has 3 nitrogen and oxygen atoms in total. The second kappa shape index (κ2) is 6.27. The summed E-state index contributed by atoms with van der Waals surface area (Å²) in [6.07, 6.45) is 3.92. The minimum atomic E-state index is -0.00803. The number of ether oxygens (including phenoxy) is 2. The Kier molecular flexibility index (Phi) is 4.01. The summed E-state index contributed by atoms with van der Waals surface area (Å²) in [5, 5.41) is 0. The zero-order chi connectivity index (χ0) is 14.5. The van der Waals surface area contributed by atoms with Crippen LogP contribution in [0.4, 0.5) is 0 Å². The maximum Gasteiger partial charge on any atom is 0.209 e. The zero-order valence-corrected chi connectivity index (χ0v) is 11.9. The van der Waals surface area contributed by atoms with Crippen LogP contribution in [0.15, 0.2) is 65.7 Å². The highest BCUT2D eigenvalue weighted by molar-refractivity contribution is 5.92. The van der Waals surface area contributed by atoms with Gasteiger partial charge in [0.15, 0.2) is 0 Å². The zero-order valence-electron chi connectivity index (χ0n) is 11.9. The molecule has 21 heavy (non-hydrogen) atoms. The van der Waals surface area contributed by atoms with E-state index >= 15 is 0 Å². The molecule has 0 N–H and O–H groups in total. The van der Waals surface area contributed by atoms with Crippen LogP contribution in [0.5, 0.6) is 5.75 Å². The largest absolute Gasteiger partial charge is 0.497 e. The van der Waals surface area contributed by atoms with E-state index in [0.717, 1.165) is 16.9 Å². The van der Waals surface area contributed by atoms with Gasteiger partial charge in [-0.3, -0.25) is 0 Å². The van der Waals surface area contributed by atoms with Gasteiger partial charge >= 0.3 is 0 Å². The van der Waals surface area contributed by atoms with Crippen molar-refractivity contribution in [3.63, 3.8) is 0 Å². The SMILES string of the molecule is COc1ccc(C2CN=C(C=Cc3ccccc3)O2)cc1. The number of methoxy groups -OCH3 is 1. The fraction of sp³-hybridized carbons (Fsp3) is 0.167. The normalized spacial score (nSPS) is 17.6. The van der Waals surface area contributed by atoms with Gasteiger partial charge in [0.05, 0.1) is 13.7 Å². The first-order chi connectivity index (χ1) is 10.3. The number of aliphatic imine (C=N–C) groups is 1. The van der Waals surface area contributed by atoms with Gasteiger partial charge in [0.2, 0.25) is 5.90 Å². The van der Waals surface area contributed by atoms with Gasteiger partial charge in [-0.15, -0.1) is 0 Å². The molecule has 0 bridgehead atoms. The summed E-state index contributed by atoms with van der Waals surface area (Å²) in [4.78, 5) is 4.43. The lowest BCUT2D eigenvalue weighted by molar-refractivity contribution is 0.231. The predicted octanol–water partition coefficient (Wildman–Crippen LogP) is 3.88. The Morgan fingerprint density at radius 3 is 2.52 bits per heavy atom. The quantitative estimate of drug-likeness (QED) is 0.850. The first kappa shape index (κ1) is 13.4. The van der Waals surface area contributed by atoms with Crippen LogP contribution in [0, 0.1) is 0 Å². The Hall–Kier alpha value is -2.55. The Morgan fingerprint density at radius 1 is 1.05 bits per heavy atom. The molecule has 1 aliphatic heterocycles. The number of hydrogen-bond donors (Lipinski definition) is 0. The number of rotatable bonds is 4. The van der Waals surface area contributed by atoms with Crippen LogP contribution < -0.4 is 4.74 Å². The molecule has 0 saturated carbocycles. The maximum absolute atomic E-state index is 5.87. The van der Waals surface area contributed by atoms with Crippen molar-refractivity contribution in [3.05, 3.63) is 71.8 Å². The van der Waals surface area contributed by atoms with Gasteiger partial charge in [-0.1, -0.05) is 42.5 Å². The second-order valence-corrected chi connectivity index (χ2v) is 4.80. The molecule has 3 rings (SSSR count). The van der Waals surface area contributed by atoms with Gasteiger partial charge in [-0.25, -0.2) is 4.99 Å². The predicted molar refractivity (Wildman–Crippen MR) is 84.6 cm³/mol. The van der Waals surface area contributed by atoms with Crippen molar-refractivity contribution in [2.75, 3.05) is 13.7 Å². The van der Waals surface area contributed by atoms with E-state index in [1.54, 1.807) is 7.11 Å². The molecule has 0 aromatic heterocycles. The van der Waals surface area contributed by atoms with E-state index in [1.165, 1.54) is 0 Å². The maximum atomic E-state index is 5.87. The molecule has 1 aliphatic rings. The third-order valence-electron chi connectivity index (χ3n) is 3.38. The lowest BCUT2D eigenvalue weighted by Gasteiger charge is -2.11. The van der Waals surface area contributed by atoms with E-state index in [1.807, 2.05) is 66.7 Å². The summed E-state index contributed by atoms with van der Waals surface area (Å²) in [5.41, 5.74) is 2.25. The Balaban J connectivity index is 1.63. The standard InChI is InChI=1S/C18H17NO2/c1-20-16-10-8-15(9-11-16)17-13-19-18(21-17)12-7-14-5-3-2-4-6-14/h2-12,17H,13H2,1H3. The topological polar surface area (TPSA) is 30.8 Å². The van der Waals surface area contributed by atoms with Crippen LogP contribution in [0.3, 0.4) is 0 Å². The fourth-order valence-electron chi connectivity index (χ4n) is 2.21. The molecule has 0 fully saturated rings. The molecule has 0 amide bonds. The molecule has 1 unspecified atom stereocenters. The molecule has 1 heterocycles. The Bertz CT molecular complexity index is 645. The Morgan fingerprint density at radius 2 is 1.81 bits per heavy atom. The fourth-order valence-corrected chi connectivity index (χ4v) is 2.21. The van der Waals surface area contributed by atoms with Gasteiger partial charge in [0.1, 0.15) is 11.9 Å². The van der Waals surface area contributed by atoms with E-state index in [0.29, 0.717) is 12.4 Å². The summed E-state index contributed by atoms with van der Waals surface area (Å²) in [6, 6.07) is 18.0. The van der Waals surface area contributed by atoms with Gasteiger partial charge in [0.25, 0.3) is 0 Å². The molecule has 0 radical (unpaired) electrons. The minimum absolute atomic E-state index is 0.00803. The van der Waals surface area contributed by atoms with Crippen LogP contribution >= 0.6 is 0 Å². The molecule has 0 spiro atoms. The molecule has 2 aromatic carbocycles. The highest BCUT2D eigenvalue weighted by Gasteiger charge is 2.19. The lowest BCUT2D eigenvalue weighted by atomic mass is 10.1. The van der Waals surface area contributed by atoms with Crippen LogP contribution in [0.25, 0.3) is 6.08 Å². The Labute approximate surface area is 124 Å². The van der Waals surface area contributed by atoms with Gasteiger partial charge < -0.3 is 9.47 Å². The first-order valence-electron chi connectivity index (χ1n) is 6.93. The molecule has 0 aliphatic carbocycles. The first-order valence-corrected chi connectivity index (χ1v) is 6.93. The van der Waals surface area contributed by atoms with Gasteiger partial charge in [-0.05, 0) is 29.3 Å². The van der Waals surface area contributed by atoms with Crippen molar-refractivity contribution in [1.82, 2.24) is 0 Å². The van der Waals surface area contributed by atoms with Gasteiger partial charge in [-0.2, -0.15) is 0 Å². The third kappa shape index (κ3) is 3.31. The van der Waals surface area contributed by atoms with Crippen LogP contribution in [-0.2, 0) is 4.74 Å². The summed E-state index contributed by atoms with van der Waals surface area (Å²) >= 11 is 0. The summed E-state index contributed by atoms with van der Waals surface area (Å²) in [5.74, 6) is 1.53. The molecule has 3 heteroatoms. The van der Waals surface area contributed by atoms with Crippen molar-refractivity contribution in [3.8, 4) is 5.75 Å². The van der Waals surface area contributed by atoms with Crippen LogP contribution in [-0.4, -0.2) is 19.6 Å². The summed E-state index contributed by atoms with van der Waals surface area (Å²) < 4.78 is 11.0. The summed E-state index contributed by atoms with van der Waals surface area (Å²) in [6.45, 7) is 0.654. The molecular formula is C18H17NO2. The van der Waals surface area contributed by atoms with Crippen LogP contribution in [0.1, 0.15) is 17.2 Å². The molecular weight excluding hydrogens is 262 g/mol. The van der Waals surface area contributed by atoms with E-state index in [-0.39, 0.29) is 6.10 Å². The smallest absolute Gasteiger partial charge is 0.209 e. The van der Waals surface area contributed by atoms with Crippen molar-refractivity contribution in [2.24, 2.45) is 4.99 Å². The van der Waals surface area contributed by atoms with Crippen molar-refractivity contribution in [2.45, 2.75) is 6.10 Å². The molecule has 106 valence electrons. The van der Waals surface area contributed by atoms with E-state index < -0.39 is 0 Å². The van der Waals surface area contributed by atoms with E-state index in [4.69, 9.17) is 9.47 Å². The minimum Gasteiger partial charge on any atom is -0.497 e. The highest BCUT2D eigenvalue weighted by Crippen LogP contribution is 2.25. The number of nitrogens with zero attached hydrogens (tertiary/aromatic N) is 1. The van der Waals surface area contributed by atoms with Crippen LogP contribution in [0.2, 0.25) is 0 Å². The molecule has 0 saturated heterocycles. The van der Waals surface area contributed by atoms with E-state index in [2.05, 4.69) is 4.99 Å². The summed E-state index contributed by atoms with van der Waals surface area (Å²) in [7, 11) is 1.66. The number of hydrogen-bond acceptors (Lipinski definition) is 3. The lowest BCUT2D eigenvalue weighted by Crippen LogP contribution is -2.03. The molecule has 2 aromatic rings. The van der Waals surface area contributed by atoms with Crippen molar-refractivity contribution >= 4 is 12.0 Å². The van der Waals surface area contributed by atoms with Crippen molar-refractivity contribution < 1.29 is 9.47 Å². The van der Waals surface area contributed by atoms with Crippen molar-refractivity contribution in [1.29, 1.82) is 0 Å². The third-order valence-corrected chi connectivity index (χ3v) is 3.38. The average Bonchev–Trinajstić information content (AvgIpc) is 3.03. The van der Waals surface area contributed by atoms with Gasteiger partial charge in [0, 0.05) is 6.08 Å². The average molecular weight is 279 g/mol. The highest BCUT2D eigenvalue weighted by atomic mass is 16.5. The second-order valence-electron chi connectivity index (χ2n) is 4.80. The monoisotopic (exact) mass is 279 g/mol. The van der Waals surface area contributed by atoms with E-state index in [9.17, 15) is 0 Å². The molecule has 1 atom stereocenters.